The third-order valence-corrected chi connectivity index (χ3v) is 4.60. The van der Waals surface area contributed by atoms with Gasteiger partial charge in [-0.2, -0.15) is 5.10 Å². The van der Waals surface area contributed by atoms with Crippen LogP contribution in [0.4, 0.5) is 10.1 Å². The zero-order valence-corrected chi connectivity index (χ0v) is 14.8. The van der Waals surface area contributed by atoms with Gasteiger partial charge in [0.15, 0.2) is 11.2 Å². The van der Waals surface area contributed by atoms with Crippen molar-refractivity contribution in [2.24, 2.45) is 0 Å². The van der Waals surface area contributed by atoms with Crippen molar-refractivity contribution in [3.63, 3.8) is 0 Å². The molecule has 0 bridgehead atoms. The predicted octanol–water partition coefficient (Wildman–Crippen LogP) is 4.01. The van der Waals surface area contributed by atoms with E-state index in [-0.39, 0.29) is 5.43 Å². The van der Waals surface area contributed by atoms with Gasteiger partial charge in [-0.15, -0.1) is 0 Å². The summed E-state index contributed by atoms with van der Waals surface area (Å²) in [6, 6.07) is 9.95. The van der Waals surface area contributed by atoms with Crippen molar-refractivity contribution in [1.29, 1.82) is 0 Å². The Hall–Kier alpha value is -4.38. The molecule has 8 heteroatoms. The highest BCUT2D eigenvalue weighted by Crippen LogP contribution is 2.30. The van der Waals surface area contributed by atoms with E-state index in [2.05, 4.69) is 24.9 Å². The monoisotopic (exact) mass is 382 g/mol. The van der Waals surface area contributed by atoms with E-state index in [4.69, 9.17) is 6.57 Å². The molecular formula is C21H11FN6O. The Morgan fingerprint density at radius 3 is 2.86 bits per heavy atom. The Bertz CT molecular complexity index is 1510. The number of nitrogens with one attached hydrogen (secondary N) is 1. The molecule has 0 radical (unpaired) electrons. The summed E-state index contributed by atoms with van der Waals surface area (Å²) in [4.78, 5) is 27.3. The lowest BCUT2D eigenvalue weighted by atomic mass is 10.0. The second-order valence-corrected chi connectivity index (χ2v) is 6.41. The minimum Gasteiger partial charge on any atom is -0.346 e. The van der Waals surface area contributed by atoms with Gasteiger partial charge in [0.25, 0.3) is 0 Å². The molecule has 138 valence electrons. The number of nitrogens with zero attached hydrogens (tertiary/aromatic N) is 5. The van der Waals surface area contributed by atoms with Gasteiger partial charge >= 0.3 is 0 Å². The molecule has 29 heavy (non-hydrogen) atoms. The Labute approximate surface area is 162 Å². The van der Waals surface area contributed by atoms with Crippen molar-refractivity contribution in [2.45, 2.75) is 0 Å². The van der Waals surface area contributed by atoms with E-state index < -0.39 is 5.82 Å². The number of fused-ring (bicyclic) bond motifs is 2. The topological polar surface area (TPSA) is 80.8 Å². The highest BCUT2D eigenvalue weighted by atomic mass is 19.1. The first kappa shape index (κ1) is 16.8. The number of H-pyrrole nitrogens is 1. The zero-order chi connectivity index (χ0) is 20.0. The molecule has 1 aromatic carbocycles. The van der Waals surface area contributed by atoms with Crippen molar-refractivity contribution in [2.75, 3.05) is 0 Å². The highest BCUT2D eigenvalue weighted by molar-refractivity contribution is 5.89. The number of aromatic amines is 1. The number of benzene rings is 1. The molecule has 0 unspecified atom stereocenters. The first-order valence-corrected chi connectivity index (χ1v) is 8.63. The predicted molar refractivity (Wildman–Crippen MR) is 106 cm³/mol. The van der Waals surface area contributed by atoms with Crippen molar-refractivity contribution < 1.29 is 4.39 Å². The number of rotatable bonds is 2. The van der Waals surface area contributed by atoms with Crippen molar-refractivity contribution in [1.82, 2.24) is 24.7 Å². The molecule has 0 aliphatic rings. The van der Waals surface area contributed by atoms with Crippen molar-refractivity contribution in [3.8, 4) is 16.9 Å². The smallest absolute Gasteiger partial charge is 0.224 e. The van der Waals surface area contributed by atoms with Crippen LogP contribution in [0.15, 0.2) is 66.0 Å². The maximum absolute atomic E-state index is 13.7. The molecule has 0 amide bonds. The van der Waals surface area contributed by atoms with Crippen LogP contribution in [0.5, 0.6) is 0 Å². The van der Waals surface area contributed by atoms with E-state index in [1.807, 2.05) is 6.07 Å². The van der Waals surface area contributed by atoms with Gasteiger partial charge < -0.3 is 4.98 Å². The molecule has 0 saturated heterocycles. The lowest BCUT2D eigenvalue weighted by molar-refractivity contribution is 0.624. The number of pyridine rings is 3. The van der Waals surface area contributed by atoms with Crippen LogP contribution in [0.2, 0.25) is 0 Å². The first-order chi connectivity index (χ1) is 14.1. The van der Waals surface area contributed by atoms with Gasteiger partial charge in [-0.05, 0) is 29.8 Å². The molecule has 0 aliphatic carbocycles. The van der Waals surface area contributed by atoms with Crippen LogP contribution < -0.4 is 5.43 Å². The molecule has 5 aromatic rings. The van der Waals surface area contributed by atoms with Gasteiger partial charge in [-0.3, -0.25) is 9.78 Å². The SMILES string of the molecule is [C-]#[N+]c1cnn(-c2nc3[nH]ccc(=O)c3cc2-c2ccc3ncc(F)cc3c2)c1. The molecule has 7 nitrogen and oxygen atoms in total. The minimum atomic E-state index is -0.434. The van der Waals surface area contributed by atoms with Crippen LogP contribution in [0.3, 0.4) is 0 Å². The molecule has 0 aliphatic heterocycles. The zero-order valence-electron chi connectivity index (χ0n) is 14.8. The summed E-state index contributed by atoms with van der Waals surface area (Å²) in [6.45, 7) is 7.17. The van der Waals surface area contributed by atoms with E-state index in [0.717, 1.165) is 5.56 Å². The summed E-state index contributed by atoms with van der Waals surface area (Å²) in [5.41, 5.74) is 2.60. The number of hydrogen-bond acceptors (Lipinski definition) is 4. The quantitative estimate of drug-likeness (QED) is 0.468. The fourth-order valence-electron chi connectivity index (χ4n) is 3.23. The average Bonchev–Trinajstić information content (AvgIpc) is 3.22. The maximum atomic E-state index is 13.7. The Balaban J connectivity index is 1.83. The molecule has 4 aromatic heterocycles. The normalized spacial score (nSPS) is 11.0. The average molecular weight is 382 g/mol. The van der Waals surface area contributed by atoms with Gasteiger partial charge in [-0.25, -0.2) is 18.9 Å². The fourth-order valence-corrected chi connectivity index (χ4v) is 3.23. The van der Waals surface area contributed by atoms with Crippen LogP contribution in [0.25, 0.3) is 43.7 Å². The first-order valence-electron chi connectivity index (χ1n) is 8.63. The lowest BCUT2D eigenvalue weighted by Crippen LogP contribution is -2.07. The summed E-state index contributed by atoms with van der Waals surface area (Å²) < 4.78 is 15.1. The summed E-state index contributed by atoms with van der Waals surface area (Å²) in [7, 11) is 0. The molecule has 0 saturated carbocycles. The number of hydrogen-bond donors (Lipinski definition) is 1. The number of halogens is 1. The van der Waals surface area contributed by atoms with Gasteiger partial charge in [0, 0.05) is 29.4 Å². The molecule has 1 N–H and O–H groups in total. The summed E-state index contributed by atoms with van der Waals surface area (Å²) in [6.07, 6.45) is 5.70. The van der Waals surface area contributed by atoms with Gasteiger partial charge in [0.05, 0.1) is 29.9 Å². The minimum absolute atomic E-state index is 0.171. The second kappa shape index (κ2) is 6.35. The van der Waals surface area contributed by atoms with Crippen LogP contribution in [0, 0.1) is 12.4 Å². The fraction of sp³-hybridized carbons (Fsp3) is 0. The van der Waals surface area contributed by atoms with Crippen molar-refractivity contribution >= 4 is 27.6 Å². The Morgan fingerprint density at radius 2 is 2.03 bits per heavy atom. The van der Waals surface area contributed by atoms with Gasteiger partial charge in [0.2, 0.25) is 5.69 Å². The van der Waals surface area contributed by atoms with E-state index in [1.165, 1.54) is 35.4 Å². The summed E-state index contributed by atoms with van der Waals surface area (Å²) >= 11 is 0. The Morgan fingerprint density at radius 1 is 1.14 bits per heavy atom. The van der Waals surface area contributed by atoms with Crippen LogP contribution >= 0.6 is 0 Å². The van der Waals surface area contributed by atoms with Crippen LogP contribution in [-0.2, 0) is 0 Å². The lowest BCUT2D eigenvalue weighted by Gasteiger charge is -2.11. The third kappa shape index (κ3) is 2.82. The van der Waals surface area contributed by atoms with E-state index in [0.29, 0.717) is 39.0 Å². The number of aromatic nitrogens is 5. The van der Waals surface area contributed by atoms with Crippen LogP contribution in [-0.4, -0.2) is 24.7 Å². The van der Waals surface area contributed by atoms with E-state index >= 15 is 0 Å². The van der Waals surface area contributed by atoms with Gasteiger partial charge in [0.1, 0.15) is 11.5 Å². The molecule has 0 spiro atoms. The molecule has 0 fully saturated rings. The maximum Gasteiger partial charge on any atom is 0.224 e. The molecule has 0 atom stereocenters. The third-order valence-electron chi connectivity index (χ3n) is 4.60. The van der Waals surface area contributed by atoms with Crippen LogP contribution in [0.1, 0.15) is 0 Å². The van der Waals surface area contributed by atoms with E-state index in [1.54, 1.807) is 24.4 Å². The molecule has 4 heterocycles. The highest BCUT2D eigenvalue weighted by Gasteiger charge is 2.15. The summed E-state index contributed by atoms with van der Waals surface area (Å²) in [5, 5.41) is 5.27. The molecule has 5 rings (SSSR count). The van der Waals surface area contributed by atoms with Gasteiger partial charge in [-0.1, -0.05) is 6.07 Å². The molecular weight excluding hydrogens is 371 g/mol. The summed E-state index contributed by atoms with van der Waals surface area (Å²) in [5.74, 6) is 0.00897. The largest absolute Gasteiger partial charge is 0.346 e. The second-order valence-electron chi connectivity index (χ2n) is 6.41. The van der Waals surface area contributed by atoms with E-state index in [9.17, 15) is 9.18 Å². The Kier molecular flexibility index (Phi) is 3.67. The van der Waals surface area contributed by atoms with Crippen molar-refractivity contribution in [3.05, 3.63) is 88.6 Å². The standard InChI is InChI=1S/C21H11FN6O/c1-23-15-10-26-28(11-15)21-16(8-17-19(29)4-5-24-20(17)27-21)12-2-3-18-13(6-12)7-14(22)9-25-18/h2-11H,(H,24,27,29).